The zero-order chi connectivity index (χ0) is 16.3. The predicted octanol–water partition coefficient (Wildman–Crippen LogP) is 3.81. The largest absolute Gasteiger partial charge is 0.573 e. The van der Waals surface area contributed by atoms with Gasteiger partial charge in [0, 0.05) is 10.5 Å². The van der Waals surface area contributed by atoms with E-state index in [9.17, 15) is 21.6 Å². The Bertz CT molecular complexity index is 590. The van der Waals surface area contributed by atoms with Gasteiger partial charge in [-0.05, 0) is 31.5 Å². The highest BCUT2D eigenvalue weighted by Crippen LogP contribution is 2.32. The van der Waals surface area contributed by atoms with E-state index >= 15 is 0 Å². The van der Waals surface area contributed by atoms with Crippen molar-refractivity contribution in [2.45, 2.75) is 44.0 Å². The zero-order valence-corrected chi connectivity index (χ0v) is 13.8. The number of alkyl halides is 3. The molecule has 120 valence electrons. The molecule has 0 bridgehead atoms. The van der Waals surface area contributed by atoms with Crippen LogP contribution in [-0.2, 0) is 10.0 Å². The molecule has 1 atom stereocenters. The van der Waals surface area contributed by atoms with Crippen LogP contribution in [0.3, 0.4) is 0 Å². The Balaban J connectivity index is 3.16. The van der Waals surface area contributed by atoms with Crippen LogP contribution in [0.15, 0.2) is 27.6 Å². The van der Waals surface area contributed by atoms with Crippen LogP contribution in [-0.4, -0.2) is 20.8 Å². The van der Waals surface area contributed by atoms with Crippen molar-refractivity contribution >= 4 is 26.0 Å². The van der Waals surface area contributed by atoms with Gasteiger partial charge in [0.15, 0.2) is 5.75 Å². The van der Waals surface area contributed by atoms with E-state index in [0.29, 0.717) is 6.42 Å². The van der Waals surface area contributed by atoms with E-state index < -0.39 is 27.0 Å². The summed E-state index contributed by atoms with van der Waals surface area (Å²) in [7, 11) is -4.10. The minimum atomic E-state index is -4.97. The molecule has 21 heavy (non-hydrogen) atoms. The summed E-state index contributed by atoms with van der Waals surface area (Å²) in [5.74, 6) is -0.770. The van der Waals surface area contributed by atoms with Crippen molar-refractivity contribution in [3.8, 4) is 5.75 Å². The molecular formula is C12H15BrF3NO3S. The van der Waals surface area contributed by atoms with Crippen molar-refractivity contribution in [2.24, 2.45) is 0 Å². The molecule has 0 aliphatic rings. The molecule has 1 rings (SSSR count). The van der Waals surface area contributed by atoms with Gasteiger partial charge < -0.3 is 4.74 Å². The van der Waals surface area contributed by atoms with Crippen molar-refractivity contribution in [3.05, 3.63) is 22.7 Å². The first kappa shape index (κ1) is 18.2. The monoisotopic (exact) mass is 389 g/mol. The van der Waals surface area contributed by atoms with Gasteiger partial charge in [0.2, 0.25) is 10.0 Å². The summed E-state index contributed by atoms with van der Waals surface area (Å²) >= 11 is 2.98. The molecule has 0 spiro atoms. The summed E-state index contributed by atoms with van der Waals surface area (Å²) in [6.45, 7) is 3.52. The molecule has 1 N–H and O–H groups in total. The van der Waals surface area contributed by atoms with E-state index in [4.69, 9.17) is 0 Å². The van der Waals surface area contributed by atoms with E-state index in [1.165, 1.54) is 6.07 Å². The molecule has 0 heterocycles. The fraction of sp³-hybridized carbons (Fsp3) is 0.500. The minimum absolute atomic E-state index is 0.280. The number of ether oxygens (including phenoxy) is 1. The first-order chi connectivity index (χ1) is 9.55. The fourth-order valence-corrected chi connectivity index (χ4v) is 3.46. The molecule has 9 heteroatoms. The van der Waals surface area contributed by atoms with Crippen LogP contribution < -0.4 is 9.46 Å². The third-order valence-electron chi connectivity index (χ3n) is 2.50. The maximum atomic E-state index is 12.4. The number of hydrogen-bond donors (Lipinski definition) is 1. The quantitative estimate of drug-likeness (QED) is 0.804. The lowest BCUT2D eigenvalue weighted by atomic mass is 10.2. The topological polar surface area (TPSA) is 55.4 Å². The highest BCUT2D eigenvalue weighted by molar-refractivity contribution is 9.10. The normalized spacial score (nSPS) is 14.0. The van der Waals surface area contributed by atoms with Crippen molar-refractivity contribution in [3.63, 3.8) is 0 Å². The molecule has 0 aromatic heterocycles. The Morgan fingerprint density at radius 3 is 2.52 bits per heavy atom. The van der Waals surface area contributed by atoms with Crippen LogP contribution in [0.25, 0.3) is 0 Å². The average molecular weight is 390 g/mol. The van der Waals surface area contributed by atoms with Crippen molar-refractivity contribution < 1.29 is 26.3 Å². The van der Waals surface area contributed by atoms with Gasteiger partial charge in [-0.15, -0.1) is 13.2 Å². The Morgan fingerprint density at radius 1 is 1.38 bits per heavy atom. The number of sulfonamides is 1. The van der Waals surface area contributed by atoms with Crippen LogP contribution in [0.4, 0.5) is 13.2 Å². The van der Waals surface area contributed by atoms with E-state index in [1.807, 2.05) is 6.92 Å². The van der Waals surface area contributed by atoms with Crippen LogP contribution in [0.5, 0.6) is 5.75 Å². The number of halogens is 4. The van der Waals surface area contributed by atoms with Crippen molar-refractivity contribution in [1.82, 2.24) is 4.72 Å². The Morgan fingerprint density at radius 2 is 2.00 bits per heavy atom. The van der Waals surface area contributed by atoms with Crippen LogP contribution >= 0.6 is 15.9 Å². The van der Waals surface area contributed by atoms with Gasteiger partial charge in [0.1, 0.15) is 4.90 Å². The summed E-state index contributed by atoms with van der Waals surface area (Å²) in [6, 6.07) is 2.98. The average Bonchev–Trinajstić information content (AvgIpc) is 2.25. The molecule has 0 amide bonds. The first-order valence-corrected chi connectivity index (χ1v) is 8.40. The van der Waals surface area contributed by atoms with Crippen LogP contribution in [0, 0.1) is 0 Å². The summed E-state index contributed by atoms with van der Waals surface area (Å²) in [5.41, 5.74) is 0. The summed E-state index contributed by atoms with van der Waals surface area (Å²) < 4.78 is 67.8. The molecule has 1 unspecified atom stereocenters. The van der Waals surface area contributed by atoms with Crippen molar-refractivity contribution in [2.75, 3.05) is 0 Å². The van der Waals surface area contributed by atoms with Crippen LogP contribution in [0.2, 0.25) is 0 Å². The standard InChI is InChI=1S/C12H15BrF3NO3S/c1-3-4-8(2)17-21(18,19)11-6-5-9(13)7-10(11)20-12(14,15)16/h5-8,17H,3-4H2,1-2H3. The van der Waals surface area contributed by atoms with Gasteiger partial charge in [0.25, 0.3) is 0 Å². The molecule has 0 radical (unpaired) electrons. The molecule has 0 saturated carbocycles. The third kappa shape index (κ3) is 5.84. The molecule has 4 nitrogen and oxygen atoms in total. The van der Waals surface area contributed by atoms with Crippen LogP contribution in [0.1, 0.15) is 26.7 Å². The van der Waals surface area contributed by atoms with Gasteiger partial charge in [-0.2, -0.15) is 0 Å². The Kier molecular flexibility index (Phi) is 6.06. The molecule has 0 fully saturated rings. The van der Waals surface area contributed by atoms with Gasteiger partial charge in [-0.3, -0.25) is 0 Å². The van der Waals surface area contributed by atoms with E-state index in [0.717, 1.165) is 18.6 Å². The molecule has 1 aromatic carbocycles. The molecule has 0 saturated heterocycles. The maximum absolute atomic E-state index is 12.4. The first-order valence-electron chi connectivity index (χ1n) is 6.13. The fourth-order valence-electron chi connectivity index (χ4n) is 1.73. The van der Waals surface area contributed by atoms with E-state index in [2.05, 4.69) is 25.4 Å². The van der Waals surface area contributed by atoms with Gasteiger partial charge in [0.05, 0.1) is 0 Å². The lowest BCUT2D eigenvalue weighted by Gasteiger charge is -2.17. The lowest BCUT2D eigenvalue weighted by Crippen LogP contribution is -2.33. The minimum Gasteiger partial charge on any atom is -0.404 e. The zero-order valence-electron chi connectivity index (χ0n) is 11.4. The second-order valence-corrected chi connectivity index (χ2v) is 7.05. The Labute approximate surface area is 129 Å². The van der Waals surface area contributed by atoms with Crippen molar-refractivity contribution in [1.29, 1.82) is 0 Å². The Hall–Kier alpha value is -0.800. The van der Waals surface area contributed by atoms with Gasteiger partial charge >= 0.3 is 6.36 Å². The third-order valence-corrected chi connectivity index (χ3v) is 4.62. The maximum Gasteiger partial charge on any atom is 0.573 e. The summed E-state index contributed by atoms with van der Waals surface area (Å²) in [6.07, 6.45) is -3.65. The smallest absolute Gasteiger partial charge is 0.404 e. The second-order valence-electron chi connectivity index (χ2n) is 4.45. The highest BCUT2D eigenvalue weighted by atomic mass is 79.9. The number of hydrogen-bond acceptors (Lipinski definition) is 3. The highest BCUT2D eigenvalue weighted by Gasteiger charge is 2.34. The lowest BCUT2D eigenvalue weighted by molar-refractivity contribution is -0.275. The number of nitrogens with one attached hydrogen (secondary N) is 1. The molecular weight excluding hydrogens is 375 g/mol. The SMILES string of the molecule is CCCC(C)NS(=O)(=O)c1ccc(Br)cc1OC(F)(F)F. The molecule has 1 aromatic rings. The molecule has 0 aliphatic heterocycles. The number of rotatable bonds is 6. The van der Waals surface area contributed by atoms with E-state index in [1.54, 1.807) is 6.92 Å². The summed E-state index contributed by atoms with van der Waals surface area (Å²) in [5, 5.41) is 0. The summed E-state index contributed by atoms with van der Waals surface area (Å²) in [4.78, 5) is -0.550. The predicted molar refractivity (Wildman–Crippen MR) is 75.5 cm³/mol. The van der Waals surface area contributed by atoms with Gasteiger partial charge in [-0.1, -0.05) is 29.3 Å². The number of benzene rings is 1. The van der Waals surface area contributed by atoms with E-state index in [-0.39, 0.29) is 10.5 Å². The molecule has 0 aliphatic carbocycles. The second kappa shape index (κ2) is 6.97. The van der Waals surface area contributed by atoms with Gasteiger partial charge in [-0.25, -0.2) is 13.1 Å².